The van der Waals surface area contributed by atoms with E-state index in [1.807, 2.05) is 0 Å². The normalized spacial score (nSPS) is 16.0. The average Bonchev–Trinajstić information content (AvgIpc) is 2.23. The Bertz CT molecular complexity index is 506. The monoisotopic (exact) mass is 378 g/mol. The molecule has 15 heteroatoms. The highest BCUT2D eigenvalue weighted by atomic mass is 32.2. The van der Waals surface area contributed by atoms with Gasteiger partial charge in [-0.1, -0.05) is 0 Å². The van der Waals surface area contributed by atoms with E-state index in [-0.39, 0.29) is 0 Å². The van der Waals surface area contributed by atoms with Gasteiger partial charge in [-0.25, -0.2) is 0 Å². The van der Waals surface area contributed by atoms with Gasteiger partial charge in [0, 0.05) is 12.8 Å². The fraction of sp³-hybridized carbons (Fsp3) is 1.00. The molecular weight excluding hydrogens is 373 g/mol. The molecule has 0 aromatic heterocycles. The zero-order valence-electron chi connectivity index (χ0n) is 9.74. The zero-order valence-corrected chi connectivity index (χ0v) is 10.6. The SMILES string of the molecule is O=S(=O)(O)C(F)(F)C(F)(F)C(F)(F)C(F)(F)CCC(F)(F)F. The van der Waals surface area contributed by atoms with E-state index >= 15 is 0 Å². The second kappa shape index (κ2) is 5.35. The lowest BCUT2D eigenvalue weighted by atomic mass is 10.00. The summed E-state index contributed by atoms with van der Waals surface area (Å²) in [6.07, 6.45) is -11.2. The summed E-state index contributed by atoms with van der Waals surface area (Å²) in [6, 6.07) is 0. The highest BCUT2D eigenvalue weighted by molar-refractivity contribution is 7.87. The Hall–Kier alpha value is -0.860. The van der Waals surface area contributed by atoms with Crippen molar-refractivity contribution in [2.45, 2.75) is 42.0 Å². The van der Waals surface area contributed by atoms with E-state index in [4.69, 9.17) is 4.55 Å². The average molecular weight is 378 g/mol. The highest BCUT2D eigenvalue weighted by Crippen LogP contribution is 2.55. The van der Waals surface area contributed by atoms with Crippen LogP contribution in [0.15, 0.2) is 0 Å². The Morgan fingerprint density at radius 1 is 0.682 bits per heavy atom. The molecule has 0 aliphatic rings. The second-order valence-corrected chi connectivity index (χ2v) is 5.42. The highest BCUT2D eigenvalue weighted by Gasteiger charge is 2.84. The predicted octanol–water partition coefficient (Wildman–Crippen LogP) is 3.72. The minimum Gasteiger partial charge on any atom is -0.281 e. The van der Waals surface area contributed by atoms with Gasteiger partial charge in [-0.15, -0.1) is 0 Å². The summed E-state index contributed by atoms with van der Waals surface area (Å²) in [7, 11) is -7.27. The summed E-state index contributed by atoms with van der Waals surface area (Å²) in [4.78, 5) is 0. The Kier molecular flexibility index (Phi) is 5.14. The van der Waals surface area contributed by atoms with Crippen LogP contribution in [0.1, 0.15) is 12.8 Å². The molecule has 0 aromatic carbocycles. The summed E-state index contributed by atoms with van der Waals surface area (Å²) >= 11 is 0. The van der Waals surface area contributed by atoms with Gasteiger partial charge in [-0.2, -0.15) is 56.7 Å². The molecule has 0 saturated heterocycles. The molecule has 0 aliphatic heterocycles. The molecule has 0 aromatic rings. The van der Waals surface area contributed by atoms with E-state index < -0.39 is 52.2 Å². The van der Waals surface area contributed by atoms with Crippen LogP contribution in [0.2, 0.25) is 0 Å². The topological polar surface area (TPSA) is 54.4 Å². The smallest absolute Gasteiger partial charge is 0.281 e. The Balaban J connectivity index is 5.79. The third-order valence-corrected chi connectivity index (χ3v) is 3.17. The molecule has 3 nitrogen and oxygen atoms in total. The third-order valence-electron chi connectivity index (χ3n) is 2.27. The first-order chi connectivity index (χ1) is 9.21. The molecule has 22 heavy (non-hydrogen) atoms. The fourth-order valence-corrected chi connectivity index (χ4v) is 1.48. The van der Waals surface area contributed by atoms with Gasteiger partial charge >= 0.3 is 39.3 Å². The van der Waals surface area contributed by atoms with Crippen LogP contribution in [-0.4, -0.2) is 42.2 Å². The number of rotatable bonds is 6. The van der Waals surface area contributed by atoms with Gasteiger partial charge in [0.25, 0.3) is 0 Å². The van der Waals surface area contributed by atoms with E-state index in [0.29, 0.717) is 0 Å². The zero-order chi connectivity index (χ0) is 18.4. The summed E-state index contributed by atoms with van der Waals surface area (Å²) < 4.78 is 165. The minimum absolute atomic E-state index is 2.73. The molecule has 0 spiro atoms. The first-order valence-corrected chi connectivity index (χ1v) is 6.20. The number of hydrogen-bond acceptors (Lipinski definition) is 2. The molecule has 1 N–H and O–H groups in total. The first kappa shape index (κ1) is 21.1. The van der Waals surface area contributed by atoms with Gasteiger partial charge in [0.1, 0.15) is 0 Å². The maximum Gasteiger partial charge on any atom is 0.438 e. The third kappa shape index (κ3) is 3.55. The van der Waals surface area contributed by atoms with Gasteiger partial charge < -0.3 is 0 Å². The molecule has 0 bridgehead atoms. The molecule has 0 heterocycles. The van der Waals surface area contributed by atoms with Crippen molar-refractivity contribution in [3.63, 3.8) is 0 Å². The van der Waals surface area contributed by atoms with Crippen molar-refractivity contribution >= 4 is 10.1 Å². The van der Waals surface area contributed by atoms with Gasteiger partial charge in [0.05, 0.1) is 0 Å². The van der Waals surface area contributed by atoms with Gasteiger partial charge in [0.15, 0.2) is 0 Å². The number of hydrogen-bond donors (Lipinski definition) is 1. The van der Waals surface area contributed by atoms with Crippen LogP contribution in [-0.2, 0) is 10.1 Å². The van der Waals surface area contributed by atoms with Crippen LogP contribution >= 0.6 is 0 Å². The van der Waals surface area contributed by atoms with Crippen LogP contribution in [0.5, 0.6) is 0 Å². The summed E-state index contributed by atoms with van der Waals surface area (Å²) in [6.45, 7) is 0. The number of halogens is 11. The molecule has 0 saturated carbocycles. The van der Waals surface area contributed by atoms with Crippen molar-refractivity contribution in [1.82, 2.24) is 0 Å². The van der Waals surface area contributed by atoms with Crippen LogP contribution in [0, 0.1) is 0 Å². The molecule has 0 fully saturated rings. The molecule has 0 unspecified atom stereocenters. The Morgan fingerprint density at radius 2 is 1.05 bits per heavy atom. The van der Waals surface area contributed by atoms with Gasteiger partial charge in [0.2, 0.25) is 0 Å². The quantitative estimate of drug-likeness (QED) is 0.566. The van der Waals surface area contributed by atoms with E-state index in [1.54, 1.807) is 0 Å². The molecule has 0 radical (unpaired) electrons. The maximum absolute atomic E-state index is 12.9. The Labute approximate surface area is 114 Å². The standard InChI is InChI=1S/C7H5F11O3S/c8-3(9,1-2-4(10,11)12)5(13,14)6(15,16)7(17,18)22(19,20)21/h1-2H2,(H,19,20,21). The summed E-state index contributed by atoms with van der Waals surface area (Å²) in [5.41, 5.74) is 0. The summed E-state index contributed by atoms with van der Waals surface area (Å²) in [5, 5.41) is -7.06. The van der Waals surface area contributed by atoms with Crippen molar-refractivity contribution in [3.05, 3.63) is 0 Å². The number of alkyl halides is 11. The van der Waals surface area contributed by atoms with E-state index in [0.717, 1.165) is 0 Å². The molecular formula is C7H5F11O3S. The molecule has 0 atom stereocenters. The molecule has 134 valence electrons. The van der Waals surface area contributed by atoms with Crippen LogP contribution in [0.4, 0.5) is 48.3 Å². The lowest BCUT2D eigenvalue weighted by Crippen LogP contribution is -2.64. The van der Waals surface area contributed by atoms with Crippen molar-refractivity contribution in [1.29, 1.82) is 0 Å². The Morgan fingerprint density at radius 3 is 1.32 bits per heavy atom. The largest absolute Gasteiger partial charge is 0.438 e. The lowest BCUT2D eigenvalue weighted by molar-refractivity contribution is -0.351. The molecule has 0 amide bonds. The lowest BCUT2D eigenvalue weighted by Gasteiger charge is -2.35. The van der Waals surface area contributed by atoms with Crippen LogP contribution in [0.3, 0.4) is 0 Å². The second-order valence-electron chi connectivity index (χ2n) is 3.96. The van der Waals surface area contributed by atoms with Crippen molar-refractivity contribution < 1.29 is 61.3 Å². The van der Waals surface area contributed by atoms with Crippen molar-refractivity contribution in [2.24, 2.45) is 0 Å². The van der Waals surface area contributed by atoms with Gasteiger partial charge in [-0.3, -0.25) is 4.55 Å². The van der Waals surface area contributed by atoms with Crippen LogP contribution in [0.25, 0.3) is 0 Å². The van der Waals surface area contributed by atoms with Crippen molar-refractivity contribution in [3.8, 4) is 0 Å². The predicted molar refractivity (Wildman–Crippen MR) is 46.6 cm³/mol. The van der Waals surface area contributed by atoms with Crippen LogP contribution < -0.4 is 0 Å². The molecule has 0 aliphatic carbocycles. The molecule has 0 rings (SSSR count). The summed E-state index contributed by atoms with van der Waals surface area (Å²) in [5.74, 6) is -20.9. The first-order valence-electron chi connectivity index (χ1n) is 4.76. The maximum atomic E-state index is 12.9. The minimum atomic E-state index is -7.39. The fourth-order valence-electron chi connectivity index (χ4n) is 1.03. The van der Waals surface area contributed by atoms with Gasteiger partial charge in [-0.05, 0) is 0 Å². The van der Waals surface area contributed by atoms with E-state index in [2.05, 4.69) is 0 Å². The van der Waals surface area contributed by atoms with E-state index in [9.17, 15) is 56.7 Å². The van der Waals surface area contributed by atoms with E-state index in [1.165, 1.54) is 0 Å². The van der Waals surface area contributed by atoms with Crippen molar-refractivity contribution in [2.75, 3.05) is 0 Å².